The Morgan fingerprint density at radius 1 is 1.13 bits per heavy atom. The molecule has 2 aliphatic rings. The van der Waals surface area contributed by atoms with Gasteiger partial charge in [-0.05, 0) is 56.7 Å². The molecule has 4 heterocycles. The fraction of sp³-hybridized carbons (Fsp3) is 0.409. The van der Waals surface area contributed by atoms with Gasteiger partial charge < -0.3 is 19.8 Å². The maximum Gasteiger partial charge on any atom is 0.229 e. The lowest BCUT2D eigenvalue weighted by molar-refractivity contribution is -0.0366. The van der Waals surface area contributed by atoms with E-state index in [1.807, 2.05) is 16.9 Å². The topological polar surface area (TPSA) is 90.0 Å². The molecule has 1 saturated carbocycles. The first kappa shape index (κ1) is 17.7. The first-order chi connectivity index (χ1) is 14.7. The minimum Gasteiger partial charge on any atom is -0.459 e. The summed E-state index contributed by atoms with van der Waals surface area (Å²) in [6.07, 6.45) is 9.18. The number of aromatic nitrogens is 4. The normalized spacial score (nSPS) is 19.4. The molecule has 0 spiro atoms. The minimum atomic E-state index is -0.00113. The van der Waals surface area contributed by atoms with Gasteiger partial charge in [0, 0.05) is 29.8 Å². The summed E-state index contributed by atoms with van der Waals surface area (Å²) >= 11 is 0. The molecule has 1 aromatic carbocycles. The lowest BCUT2D eigenvalue weighted by atomic mass is 10.1. The smallest absolute Gasteiger partial charge is 0.229 e. The van der Waals surface area contributed by atoms with Crippen molar-refractivity contribution in [3.8, 4) is 0 Å². The van der Waals surface area contributed by atoms with Gasteiger partial charge in [0.05, 0.1) is 18.0 Å². The van der Waals surface area contributed by atoms with Gasteiger partial charge in [-0.1, -0.05) is 0 Å². The van der Waals surface area contributed by atoms with Crippen LogP contribution < -0.4 is 10.6 Å². The molecule has 2 fully saturated rings. The molecule has 1 aliphatic carbocycles. The molecule has 2 N–H and O–H groups in total. The first-order valence-corrected chi connectivity index (χ1v) is 10.6. The molecule has 1 saturated heterocycles. The summed E-state index contributed by atoms with van der Waals surface area (Å²) in [5.41, 5.74) is 4.63. The van der Waals surface area contributed by atoms with E-state index in [0.29, 0.717) is 17.6 Å². The van der Waals surface area contributed by atoms with E-state index in [9.17, 15) is 0 Å². The second-order valence-electron chi connectivity index (χ2n) is 8.21. The third-order valence-electron chi connectivity index (χ3n) is 5.83. The molecule has 8 heteroatoms. The van der Waals surface area contributed by atoms with Crippen LogP contribution >= 0.6 is 0 Å². The van der Waals surface area contributed by atoms with Crippen LogP contribution in [0.25, 0.3) is 22.0 Å². The highest BCUT2D eigenvalue weighted by atomic mass is 16.5. The fourth-order valence-corrected chi connectivity index (χ4v) is 4.10. The van der Waals surface area contributed by atoms with Crippen LogP contribution in [0.15, 0.2) is 35.1 Å². The highest BCUT2D eigenvalue weighted by molar-refractivity contribution is 5.88. The molecule has 0 bridgehead atoms. The van der Waals surface area contributed by atoms with Gasteiger partial charge in [0.1, 0.15) is 5.52 Å². The Bertz CT molecular complexity index is 1220. The van der Waals surface area contributed by atoms with Crippen LogP contribution in [0.2, 0.25) is 0 Å². The van der Waals surface area contributed by atoms with E-state index in [1.54, 1.807) is 6.26 Å². The number of nitrogens with one attached hydrogen (secondary N) is 2. The molecular weight excluding hydrogens is 380 g/mol. The van der Waals surface area contributed by atoms with Crippen molar-refractivity contribution in [2.75, 3.05) is 17.2 Å². The lowest BCUT2D eigenvalue weighted by Crippen LogP contribution is -2.19. The SMILES string of the molecule is Cc1cc(Nc2nc(NC3CC3)c3occc3n2)cc2c1cnn2C1CCCCO1. The number of benzene rings is 1. The summed E-state index contributed by atoms with van der Waals surface area (Å²) in [6, 6.07) is 6.55. The fourth-order valence-electron chi connectivity index (χ4n) is 4.10. The van der Waals surface area contributed by atoms with Gasteiger partial charge >= 0.3 is 0 Å². The quantitative estimate of drug-likeness (QED) is 0.489. The molecule has 30 heavy (non-hydrogen) atoms. The predicted octanol–water partition coefficient (Wildman–Crippen LogP) is 4.90. The van der Waals surface area contributed by atoms with Crippen molar-refractivity contribution >= 4 is 39.5 Å². The van der Waals surface area contributed by atoms with Crippen LogP contribution in [0.5, 0.6) is 0 Å². The molecule has 8 nitrogen and oxygen atoms in total. The highest BCUT2D eigenvalue weighted by Crippen LogP contribution is 2.32. The number of anilines is 3. The predicted molar refractivity (Wildman–Crippen MR) is 115 cm³/mol. The molecule has 1 aliphatic heterocycles. The van der Waals surface area contributed by atoms with E-state index in [1.165, 1.54) is 0 Å². The van der Waals surface area contributed by atoms with E-state index < -0.39 is 0 Å². The maximum absolute atomic E-state index is 5.96. The summed E-state index contributed by atoms with van der Waals surface area (Å²) < 4.78 is 13.6. The van der Waals surface area contributed by atoms with Crippen molar-refractivity contribution in [2.45, 2.75) is 51.3 Å². The van der Waals surface area contributed by atoms with Gasteiger partial charge in [0.15, 0.2) is 17.6 Å². The van der Waals surface area contributed by atoms with Crippen molar-refractivity contribution in [2.24, 2.45) is 0 Å². The van der Waals surface area contributed by atoms with Gasteiger partial charge in [-0.15, -0.1) is 0 Å². The first-order valence-electron chi connectivity index (χ1n) is 10.6. The van der Waals surface area contributed by atoms with Crippen molar-refractivity contribution in [3.63, 3.8) is 0 Å². The largest absolute Gasteiger partial charge is 0.459 e. The Morgan fingerprint density at radius 2 is 2.07 bits per heavy atom. The van der Waals surface area contributed by atoms with Crippen LogP contribution in [-0.4, -0.2) is 32.4 Å². The zero-order valence-electron chi connectivity index (χ0n) is 16.9. The molecule has 1 atom stereocenters. The summed E-state index contributed by atoms with van der Waals surface area (Å²) in [4.78, 5) is 9.31. The number of furan rings is 1. The zero-order chi connectivity index (χ0) is 20.1. The average molecular weight is 404 g/mol. The molecule has 0 radical (unpaired) electrons. The van der Waals surface area contributed by atoms with Gasteiger partial charge in [0.2, 0.25) is 5.95 Å². The zero-order valence-corrected chi connectivity index (χ0v) is 16.9. The lowest BCUT2D eigenvalue weighted by Gasteiger charge is -2.23. The van der Waals surface area contributed by atoms with Gasteiger partial charge in [-0.2, -0.15) is 10.1 Å². The summed E-state index contributed by atoms with van der Waals surface area (Å²) in [6.45, 7) is 2.89. The number of hydrogen-bond acceptors (Lipinski definition) is 7. The Kier molecular flexibility index (Phi) is 4.12. The highest BCUT2D eigenvalue weighted by Gasteiger charge is 2.24. The van der Waals surface area contributed by atoms with Crippen molar-refractivity contribution in [1.29, 1.82) is 0 Å². The number of aryl methyl sites for hydroxylation is 1. The maximum atomic E-state index is 5.96. The van der Waals surface area contributed by atoms with E-state index >= 15 is 0 Å². The van der Waals surface area contributed by atoms with E-state index in [-0.39, 0.29) is 6.23 Å². The van der Waals surface area contributed by atoms with Crippen LogP contribution in [-0.2, 0) is 4.74 Å². The number of fused-ring (bicyclic) bond motifs is 2. The standard InChI is InChI=1S/C22H24N6O2/c1-13-10-15(11-18-16(13)12-23-28(18)19-4-2-3-8-29-19)25-22-26-17-7-9-30-20(17)21(27-22)24-14-5-6-14/h7,9-12,14,19H,2-6,8H2,1H3,(H2,24,25,26,27). The van der Waals surface area contributed by atoms with Crippen LogP contribution in [0.4, 0.5) is 17.5 Å². The molecule has 1 unspecified atom stereocenters. The van der Waals surface area contributed by atoms with E-state index in [2.05, 4.69) is 44.8 Å². The molecule has 4 aromatic rings. The summed E-state index contributed by atoms with van der Waals surface area (Å²) in [5.74, 6) is 1.29. The minimum absolute atomic E-state index is 0.00113. The molecular formula is C22H24N6O2. The second-order valence-corrected chi connectivity index (χ2v) is 8.21. The molecule has 6 rings (SSSR count). The van der Waals surface area contributed by atoms with E-state index in [0.717, 1.165) is 72.2 Å². The van der Waals surface area contributed by atoms with Crippen LogP contribution in [0.1, 0.15) is 43.9 Å². The van der Waals surface area contributed by atoms with Crippen molar-refractivity contribution in [3.05, 3.63) is 36.2 Å². The van der Waals surface area contributed by atoms with Crippen LogP contribution in [0, 0.1) is 6.92 Å². The monoisotopic (exact) mass is 404 g/mol. The Balaban J connectivity index is 1.37. The summed E-state index contributed by atoms with van der Waals surface area (Å²) in [7, 11) is 0. The molecule has 0 amide bonds. The Labute approximate surface area is 173 Å². The van der Waals surface area contributed by atoms with Crippen molar-refractivity contribution in [1.82, 2.24) is 19.7 Å². The Morgan fingerprint density at radius 3 is 2.90 bits per heavy atom. The number of ether oxygens (including phenoxy) is 1. The van der Waals surface area contributed by atoms with Gasteiger partial charge in [-0.25, -0.2) is 9.67 Å². The number of nitrogens with zero attached hydrogens (tertiary/aromatic N) is 4. The van der Waals surface area contributed by atoms with Crippen molar-refractivity contribution < 1.29 is 9.15 Å². The third-order valence-corrected chi connectivity index (χ3v) is 5.83. The van der Waals surface area contributed by atoms with Crippen LogP contribution in [0.3, 0.4) is 0 Å². The Hall–Kier alpha value is -3.13. The molecule has 3 aromatic heterocycles. The average Bonchev–Trinajstić information content (AvgIpc) is 3.25. The van der Waals surface area contributed by atoms with Gasteiger partial charge in [0.25, 0.3) is 0 Å². The number of rotatable bonds is 5. The van der Waals surface area contributed by atoms with Gasteiger partial charge in [-0.3, -0.25) is 0 Å². The summed E-state index contributed by atoms with van der Waals surface area (Å²) in [5, 5.41) is 12.6. The van der Waals surface area contributed by atoms with E-state index in [4.69, 9.17) is 9.15 Å². The molecule has 154 valence electrons. The second kappa shape index (κ2) is 6.98. The number of hydrogen-bond donors (Lipinski definition) is 2. The third kappa shape index (κ3) is 3.17.